The Balaban J connectivity index is 1.14. The Labute approximate surface area is 223 Å². The van der Waals surface area contributed by atoms with Gasteiger partial charge in [-0.3, -0.25) is 24.2 Å². The molecule has 0 bridgehead atoms. The number of rotatable bonds is 7. The van der Waals surface area contributed by atoms with E-state index >= 15 is 0 Å². The molecule has 2 N–H and O–H groups in total. The number of aryl methyl sites for hydroxylation is 1. The molecule has 2 aliphatic rings. The summed E-state index contributed by atoms with van der Waals surface area (Å²) < 4.78 is 9.47. The SMILES string of the molecule is Cc1ncc(NC(=O)CN2C[C@H](C)O[C@@H](C)C2)cc1NC(=O)c1cnn2cc(-c3cnn(C4CC4)c3)sc12. The van der Waals surface area contributed by atoms with Crippen molar-refractivity contribution in [2.24, 2.45) is 0 Å². The average molecular weight is 535 g/mol. The first-order valence-corrected chi connectivity index (χ1v) is 13.6. The number of carbonyl (C=O) groups excluding carboxylic acids is 2. The molecule has 2 fully saturated rings. The molecular weight excluding hydrogens is 504 g/mol. The van der Waals surface area contributed by atoms with Crippen molar-refractivity contribution in [1.29, 1.82) is 0 Å². The molecule has 198 valence electrons. The summed E-state index contributed by atoms with van der Waals surface area (Å²) in [7, 11) is 0. The van der Waals surface area contributed by atoms with E-state index in [0.717, 1.165) is 15.3 Å². The van der Waals surface area contributed by atoms with Crippen LogP contribution < -0.4 is 10.6 Å². The zero-order valence-corrected chi connectivity index (χ0v) is 22.4. The topological polar surface area (TPSA) is 119 Å². The number of amides is 2. The highest BCUT2D eigenvalue weighted by molar-refractivity contribution is 7.21. The molecule has 1 saturated carbocycles. The van der Waals surface area contributed by atoms with Gasteiger partial charge in [0, 0.05) is 31.0 Å². The molecular formula is C26H30N8O3S. The minimum atomic E-state index is -0.285. The fourth-order valence-electron chi connectivity index (χ4n) is 4.81. The van der Waals surface area contributed by atoms with Crippen molar-refractivity contribution >= 4 is 39.4 Å². The lowest BCUT2D eigenvalue weighted by Gasteiger charge is -2.34. The van der Waals surface area contributed by atoms with Crippen LogP contribution in [0.1, 0.15) is 48.8 Å². The van der Waals surface area contributed by atoms with Crippen LogP contribution in [0.2, 0.25) is 0 Å². The molecule has 1 aliphatic carbocycles. The van der Waals surface area contributed by atoms with Gasteiger partial charge in [-0.1, -0.05) is 0 Å². The monoisotopic (exact) mass is 534 g/mol. The number of nitrogens with zero attached hydrogens (tertiary/aromatic N) is 6. The van der Waals surface area contributed by atoms with Crippen molar-refractivity contribution < 1.29 is 14.3 Å². The van der Waals surface area contributed by atoms with Crippen LogP contribution in [0.4, 0.5) is 11.4 Å². The van der Waals surface area contributed by atoms with E-state index in [1.165, 1.54) is 24.2 Å². The van der Waals surface area contributed by atoms with Crippen molar-refractivity contribution in [2.45, 2.75) is 51.9 Å². The van der Waals surface area contributed by atoms with Crippen LogP contribution in [-0.4, -0.2) is 72.9 Å². The largest absolute Gasteiger partial charge is 0.373 e. The van der Waals surface area contributed by atoms with E-state index in [4.69, 9.17) is 4.74 Å². The third kappa shape index (κ3) is 5.19. The van der Waals surface area contributed by atoms with E-state index in [1.807, 2.05) is 37.8 Å². The maximum atomic E-state index is 13.2. The number of hydrogen-bond donors (Lipinski definition) is 2. The molecule has 2 atom stereocenters. The van der Waals surface area contributed by atoms with Gasteiger partial charge in [0.15, 0.2) is 0 Å². The molecule has 4 aromatic heterocycles. The number of thiazole rings is 1. The van der Waals surface area contributed by atoms with Crippen molar-refractivity contribution in [3.63, 3.8) is 0 Å². The standard InChI is InChI=1S/C26H30N8O3S/c1-15-10-32(11-16(2)37-15)14-24(35)30-19-6-22(17(3)27-8-19)31-25(36)21-9-29-34-13-23(38-26(21)34)18-7-28-33(12-18)20-4-5-20/h6-9,12-13,15-16,20H,4-5,10-11,14H2,1-3H3,(H,30,35)(H,31,36)/t15-,16-/m0/s1. The molecule has 38 heavy (non-hydrogen) atoms. The van der Waals surface area contributed by atoms with Gasteiger partial charge in [-0.2, -0.15) is 10.2 Å². The summed E-state index contributed by atoms with van der Waals surface area (Å²) in [6.45, 7) is 7.51. The molecule has 0 spiro atoms. The van der Waals surface area contributed by atoms with Gasteiger partial charge in [0.1, 0.15) is 4.83 Å². The first-order chi connectivity index (χ1) is 18.3. The van der Waals surface area contributed by atoms with Crippen molar-refractivity contribution in [3.8, 4) is 10.4 Å². The highest BCUT2D eigenvalue weighted by Crippen LogP contribution is 2.36. The Morgan fingerprint density at radius 1 is 1.08 bits per heavy atom. The van der Waals surface area contributed by atoms with E-state index in [1.54, 1.807) is 23.0 Å². The number of fused-ring (bicyclic) bond motifs is 1. The van der Waals surface area contributed by atoms with E-state index in [0.29, 0.717) is 41.8 Å². The highest BCUT2D eigenvalue weighted by atomic mass is 32.1. The molecule has 0 aromatic carbocycles. The number of pyridine rings is 1. The minimum Gasteiger partial charge on any atom is -0.373 e. The summed E-state index contributed by atoms with van der Waals surface area (Å²) in [6, 6.07) is 2.24. The Bertz CT molecular complexity index is 1490. The third-order valence-corrected chi connectivity index (χ3v) is 7.89. The normalized spacial score (nSPS) is 20.1. The van der Waals surface area contributed by atoms with Crippen LogP contribution in [-0.2, 0) is 9.53 Å². The fraction of sp³-hybridized carbons (Fsp3) is 0.423. The molecule has 1 saturated heterocycles. The molecule has 0 radical (unpaired) electrons. The van der Waals surface area contributed by atoms with Crippen LogP contribution in [0.3, 0.4) is 0 Å². The lowest BCUT2D eigenvalue weighted by molar-refractivity contribution is -0.121. The van der Waals surface area contributed by atoms with Gasteiger partial charge in [0.25, 0.3) is 5.91 Å². The van der Waals surface area contributed by atoms with Crippen LogP contribution in [0.15, 0.2) is 37.1 Å². The van der Waals surface area contributed by atoms with Gasteiger partial charge in [-0.15, -0.1) is 11.3 Å². The van der Waals surface area contributed by atoms with Gasteiger partial charge in [0.2, 0.25) is 5.91 Å². The van der Waals surface area contributed by atoms with Gasteiger partial charge in [-0.25, -0.2) is 4.52 Å². The minimum absolute atomic E-state index is 0.0876. The summed E-state index contributed by atoms with van der Waals surface area (Å²) in [4.78, 5) is 34.1. The summed E-state index contributed by atoms with van der Waals surface area (Å²) in [5, 5.41) is 14.7. The van der Waals surface area contributed by atoms with Crippen LogP contribution >= 0.6 is 11.3 Å². The van der Waals surface area contributed by atoms with Crippen molar-refractivity contribution in [3.05, 3.63) is 48.3 Å². The summed E-state index contributed by atoms with van der Waals surface area (Å²) >= 11 is 1.50. The molecule has 4 aromatic rings. The van der Waals surface area contributed by atoms with Crippen molar-refractivity contribution in [2.75, 3.05) is 30.3 Å². The molecule has 2 amide bonds. The number of ether oxygens (including phenoxy) is 1. The molecule has 0 unspecified atom stereocenters. The number of hydrogen-bond acceptors (Lipinski definition) is 8. The fourth-order valence-corrected chi connectivity index (χ4v) is 5.85. The smallest absolute Gasteiger partial charge is 0.260 e. The first kappa shape index (κ1) is 24.7. The van der Waals surface area contributed by atoms with E-state index in [9.17, 15) is 9.59 Å². The summed E-state index contributed by atoms with van der Waals surface area (Å²) in [5.41, 5.74) is 3.19. The lowest BCUT2D eigenvalue weighted by Crippen LogP contribution is -2.48. The van der Waals surface area contributed by atoms with Crippen molar-refractivity contribution in [1.82, 2.24) is 29.3 Å². The predicted molar refractivity (Wildman–Crippen MR) is 145 cm³/mol. The lowest BCUT2D eigenvalue weighted by atomic mass is 10.2. The molecule has 6 rings (SSSR count). The average Bonchev–Trinajstić information content (AvgIpc) is 3.25. The Morgan fingerprint density at radius 2 is 1.87 bits per heavy atom. The van der Waals surface area contributed by atoms with Crippen LogP contribution in [0, 0.1) is 6.92 Å². The quantitative estimate of drug-likeness (QED) is 0.372. The number of nitrogens with one attached hydrogen (secondary N) is 2. The van der Waals surface area contributed by atoms with Gasteiger partial charge >= 0.3 is 0 Å². The number of morpholine rings is 1. The van der Waals surface area contributed by atoms with Crippen LogP contribution in [0.5, 0.6) is 0 Å². The van der Waals surface area contributed by atoms with Gasteiger partial charge < -0.3 is 15.4 Å². The molecule has 1 aliphatic heterocycles. The number of carbonyl (C=O) groups is 2. The van der Waals surface area contributed by atoms with E-state index in [2.05, 4.69) is 36.9 Å². The molecule has 11 nitrogen and oxygen atoms in total. The van der Waals surface area contributed by atoms with Gasteiger partial charge in [-0.05, 0) is 39.7 Å². The second kappa shape index (κ2) is 9.93. The van der Waals surface area contributed by atoms with E-state index < -0.39 is 0 Å². The molecule has 5 heterocycles. The second-order valence-electron chi connectivity index (χ2n) is 10.2. The summed E-state index contributed by atoms with van der Waals surface area (Å²) in [6.07, 6.45) is 11.5. The maximum absolute atomic E-state index is 13.2. The second-order valence-corrected chi connectivity index (χ2v) is 11.2. The first-order valence-electron chi connectivity index (χ1n) is 12.8. The third-order valence-electron chi connectivity index (χ3n) is 6.73. The number of anilines is 2. The Hall–Kier alpha value is -3.61. The highest BCUT2D eigenvalue weighted by Gasteiger charge is 2.26. The molecule has 12 heteroatoms. The zero-order chi connectivity index (χ0) is 26.4. The van der Waals surface area contributed by atoms with E-state index in [-0.39, 0.29) is 30.6 Å². The van der Waals surface area contributed by atoms with Gasteiger partial charge in [0.05, 0.1) is 70.9 Å². The maximum Gasteiger partial charge on any atom is 0.260 e. The predicted octanol–water partition coefficient (Wildman–Crippen LogP) is 3.60. The Kier molecular flexibility index (Phi) is 6.46. The zero-order valence-electron chi connectivity index (χ0n) is 21.5. The Morgan fingerprint density at radius 3 is 2.63 bits per heavy atom. The summed E-state index contributed by atoms with van der Waals surface area (Å²) in [5.74, 6) is -0.421. The van der Waals surface area contributed by atoms with Crippen LogP contribution in [0.25, 0.3) is 15.3 Å². The number of aromatic nitrogens is 5.